The number of carbonyl (C=O) groups is 2. The zero-order valence-electron chi connectivity index (χ0n) is 16.2. The van der Waals surface area contributed by atoms with Gasteiger partial charge in [0.1, 0.15) is 11.4 Å². The Morgan fingerprint density at radius 3 is 2.61 bits per heavy atom. The molecule has 7 nitrogen and oxygen atoms in total. The van der Waals surface area contributed by atoms with E-state index in [0.717, 1.165) is 36.2 Å². The van der Waals surface area contributed by atoms with Gasteiger partial charge in [0.05, 0.1) is 12.8 Å². The molecule has 1 aromatic carbocycles. The number of amides is 2. The Morgan fingerprint density at radius 1 is 1.32 bits per heavy atom. The van der Waals surface area contributed by atoms with Crippen LogP contribution in [0, 0.1) is 5.82 Å². The number of nitrogens with one attached hydrogen (secondary N) is 1. The van der Waals surface area contributed by atoms with Gasteiger partial charge in [-0.05, 0) is 37.5 Å². The molecule has 1 aliphatic heterocycles. The summed E-state index contributed by atoms with van der Waals surface area (Å²) in [5.74, 6) is -1.29. The van der Waals surface area contributed by atoms with E-state index in [1.807, 2.05) is 0 Å². The molecule has 1 saturated heterocycles. The van der Waals surface area contributed by atoms with Crippen LogP contribution in [0.4, 0.5) is 4.39 Å². The van der Waals surface area contributed by atoms with Crippen molar-refractivity contribution in [3.63, 3.8) is 0 Å². The minimum atomic E-state index is -3.65. The third-order valence-corrected chi connectivity index (χ3v) is 6.77. The van der Waals surface area contributed by atoms with Gasteiger partial charge in [-0.3, -0.25) is 9.59 Å². The predicted octanol–water partition coefficient (Wildman–Crippen LogP) is 1.25. The lowest BCUT2D eigenvalue weighted by atomic mass is 9.94. The lowest BCUT2D eigenvalue weighted by Crippen LogP contribution is -2.69. The van der Waals surface area contributed by atoms with Crippen molar-refractivity contribution in [3.05, 3.63) is 35.6 Å². The van der Waals surface area contributed by atoms with Crippen molar-refractivity contribution in [1.29, 1.82) is 0 Å². The number of carbonyl (C=O) groups excluding carboxylic acids is 2. The Labute approximate surface area is 164 Å². The van der Waals surface area contributed by atoms with Gasteiger partial charge in [-0.1, -0.05) is 25.0 Å². The van der Waals surface area contributed by atoms with E-state index < -0.39 is 27.3 Å². The van der Waals surface area contributed by atoms with Gasteiger partial charge in [-0.25, -0.2) is 12.8 Å². The zero-order valence-corrected chi connectivity index (χ0v) is 17.0. The molecule has 1 unspecified atom stereocenters. The molecule has 3 rings (SSSR count). The Kier molecular flexibility index (Phi) is 5.77. The second-order valence-electron chi connectivity index (χ2n) is 7.87. The first kappa shape index (κ1) is 20.7. The van der Waals surface area contributed by atoms with Crippen LogP contribution in [0.2, 0.25) is 0 Å². The summed E-state index contributed by atoms with van der Waals surface area (Å²) in [6, 6.07) is 5.86. The molecular weight excluding hydrogens is 385 g/mol. The van der Waals surface area contributed by atoms with E-state index in [1.54, 1.807) is 13.0 Å². The molecule has 2 fully saturated rings. The molecule has 0 aromatic heterocycles. The highest BCUT2D eigenvalue weighted by Crippen LogP contribution is 2.28. The summed E-state index contributed by atoms with van der Waals surface area (Å²) < 4.78 is 38.8. The Morgan fingerprint density at radius 2 is 2.00 bits per heavy atom. The zero-order chi connectivity index (χ0) is 20.5. The average molecular weight is 411 g/mol. The van der Waals surface area contributed by atoms with Crippen molar-refractivity contribution in [2.45, 2.75) is 50.7 Å². The van der Waals surface area contributed by atoms with E-state index >= 15 is 0 Å². The highest BCUT2D eigenvalue weighted by molar-refractivity contribution is 7.88. The van der Waals surface area contributed by atoms with Gasteiger partial charge >= 0.3 is 0 Å². The molecular formula is C19H26FN3O4S. The third-order valence-electron chi connectivity index (χ3n) is 5.57. The standard InChI is InChI=1S/C19H26FN3O4S/c1-19(18(25)21-16-8-3-4-9-16)13-22(28(2,26)27)12-17(24)23(19)11-14-6-5-7-15(20)10-14/h5-7,10,16H,3-4,8-9,11-13H2,1-2H3,(H,21,25). The maximum Gasteiger partial charge on any atom is 0.247 e. The van der Waals surface area contributed by atoms with E-state index in [2.05, 4.69) is 5.32 Å². The molecule has 2 aliphatic rings. The summed E-state index contributed by atoms with van der Waals surface area (Å²) in [6.07, 6.45) is 4.83. The maximum atomic E-state index is 13.6. The van der Waals surface area contributed by atoms with E-state index in [-0.39, 0.29) is 31.6 Å². The minimum absolute atomic E-state index is 0.0305. The first-order valence-electron chi connectivity index (χ1n) is 9.40. The first-order valence-corrected chi connectivity index (χ1v) is 11.3. The molecule has 0 radical (unpaired) electrons. The van der Waals surface area contributed by atoms with Gasteiger partial charge in [-0.15, -0.1) is 0 Å². The molecule has 28 heavy (non-hydrogen) atoms. The molecule has 1 aromatic rings. The number of sulfonamides is 1. The van der Waals surface area contributed by atoms with Gasteiger partial charge in [0, 0.05) is 19.1 Å². The van der Waals surface area contributed by atoms with Crippen LogP contribution >= 0.6 is 0 Å². The molecule has 1 saturated carbocycles. The first-order chi connectivity index (χ1) is 13.1. The number of rotatable bonds is 5. The number of hydrogen-bond donors (Lipinski definition) is 1. The van der Waals surface area contributed by atoms with Crippen LogP contribution in [-0.4, -0.2) is 60.4 Å². The van der Waals surface area contributed by atoms with Crippen molar-refractivity contribution in [2.75, 3.05) is 19.3 Å². The summed E-state index contributed by atoms with van der Waals surface area (Å²) in [6.45, 7) is 1.14. The lowest BCUT2D eigenvalue weighted by molar-refractivity contribution is -0.154. The number of nitrogens with zero attached hydrogens (tertiary/aromatic N) is 2. The average Bonchev–Trinajstić information content (AvgIpc) is 3.10. The Hall–Kier alpha value is -2.00. The van der Waals surface area contributed by atoms with E-state index in [4.69, 9.17) is 0 Å². The molecule has 0 bridgehead atoms. The molecule has 1 heterocycles. The molecule has 9 heteroatoms. The minimum Gasteiger partial charge on any atom is -0.351 e. The van der Waals surface area contributed by atoms with Crippen LogP contribution in [0.15, 0.2) is 24.3 Å². The van der Waals surface area contributed by atoms with Crippen molar-refractivity contribution in [3.8, 4) is 0 Å². The number of benzene rings is 1. The van der Waals surface area contributed by atoms with Crippen LogP contribution in [0.5, 0.6) is 0 Å². The van der Waals surface area contributed by atoms with Crippen LogP contribution in [0.25, 0.3) is 0 Å². The van der Waals surface area contributed by atoms with Gasteiger partial charge in [-0.2, -0.15) is 4.31 Å². The molecule has 154 valence electrons. The summed E-state index contributed by atoms with van der Waals surface area (Å²) >= 11 is 0. The molecule has 1 aliphatic carbocycles. The Bertz CT molecular complexity index is 870. The highest BCUT2D eigenvalue weighted by Gasteiger charge is 2.49. The molecule has 1 atom stereocenters. The number of hydrogen-bond acceptors (Lipinski definition) is 4. The summed E-state index contributed by atoms with van der Waals surface area (Å²) in [5.41, 5.74) is -0.839. The van der Waals surface area contributed by atoms with Crippen LogP contribution in [0.3, 0.4) is 0 Å². The van der Waals surface area contributed by atoms with E-state index in [1.165, 1.54) is 23.1 Å². The quantitative estimate of drug-likeness (QED) is 0.790. The third kappa shape index (κ3) is 4.35. The number of halogens is 1. The second-order valence-corrected chi connectivity index (χ2v) is 9.85. The molecule has 2 amide bonds. The van der Waals surface area contributed by atoms with Gasteiger partial charge in [0.2, 0.25) is 21.8 Å². The normalized spacial score (nSPS) is 24.5. The topological polar surface area (TPSA) is 86.8 Å². The van der Waals surface area contributed by atoms with Crippen molar-refractivity contribution >= 4 is 21.8 Å². The maximum absolute atomic E-state index is 13.6. The summed E-state index contributed by atoms with van der Waals surface area (Å²) in [5, 5.41) is 2.98. The predicted molar refractivity (Wildman–Crippen MR) is 102 cm³/mol. The fraction of sp³-hybridized carbons (Fsp3) is 0.579. The monoisotopic (exact) mass is 411 g/mol. The fourth-order valence-corrected chi connectivity index (χ4v) is 4.75. The van der Waals surface area contributed by atoms with Crippen molar-refractivity contribution < 1.29 is 22.4 Å². The van der Waals surface area contributed by atoms with Crippen molar-refractivity contribution in [2.24, 2.45) is 0 Å². The van der Waals surface area contributed by atoms with Crippen LogP contribution < -0.4 is 5.32 Å². The van der Waals surface area contributed by atoms with Crippen LogP contribution in [0.1, 0.15) is 38.2 Å². The lowest BCUT2D eigenvalue weighted by Gasteiger charge is -2.47. The van der Waals surface area contributed by atoms with E-state index in [9.17, 15) is 22.4 Å². The largest absolute Gasteiger partial charge is 0.351 e. The molecule has 1 N–H and O–H groups in total. The number of piperazine rings is 1. The highest BCUT2D eigenvalue weighted by atomic mass is 32.2. The summed E-state index contributed by atoms with van der Waals surface area (Å²) in [7, 11) is -3.65. The van der Waals surface area contributed by atoms with Crippen molar-refractivity contribution in [1.82, 2.24) is 14.5 Å². The molecule has 0 spiro atoms. The Balaban J connectivity index is 1.91. The SMILES string of the molecule is CC1(C(=O)NC2CCCC2)CN(S(C)(=O)=O)CC(=O)N1Cc1cccc(F)c1. The van der Waals surface area contributed by atoms with E-state index in [0.29, 0.717) is 5.56 Å². The fourth-order valence-electron chi connectivity index (χ4n) is 3.92. The van der Waals surface area contributed by atoms with Crippen LogP contribution in [-0.2, 0) is 26.2 Å². The van der Waals surface area contributed by atoms with Gasteiger partial charge in [0.15, 0.2) is 0 Å². The smallest absolute Gasteiger partial charge is 0.247 e. The van der Waals surface area contributed by atoms with Gasteiger partial charge in [0.25, 0.3) is 0 Å². The second kappa shape index (κ2) is 7.79. The van der Waals surface area contributed by atoms with Gasteiger partial charge < -0.3 is 10.2 Å². The summed E-state index contributed by atoms with van der Waals surface area (Å²) in [4.78, 5) is 27.4.